The van der Waals surface area contributed by atoms with Crippen LogP contribution in [0.5, 0.6) is 0 Å². The Morgan fingerprint density at radius 1 is 0.837 bits per heavy atom. The fourth-order valence-electron chi connectivity index (χ4n) is 2.00. The number of ether oxygens (including phenoxy) is 2. The van der Waals surface area contributed by atoms with Gasteiger partial charge in [-0.25, -0.2) is 4.79 Å². The van der Waals surface area contributed by atoms with Crippen LogP contribution < -0.4 is 10.6 Å². The molecule has 0 aliphatic carbocycles. The second-order valence-corrected chi connectivity index (χ2v) is 11.7. The van der Waals surface area contributed by atoms with Crippen molar-refractivity contribution in [2.24, 2.45) is 21.9 Å². The van der Waals surface area contributed by atoms with Crippen molar-refractivity contribution in [3.8, 4) is 0 Å². The first kappa shape index (κ1) is 44.6. The summed E-state index contributed by atoms with van der Waals surface area (Å²) < 4.78 is 45.4. The van der Waals surface area contributed by atoms with Crippen LogP contribution in [0.15, 0.2) is 5.16 Å². The minimum atomic E-state index is -4.49. The largest absolute Gasteiger partial charge is 0.463 e. The summed E-state index contributed by atoms with van der Waals surface area (Å²) in [5, 5.41) is 8.90. The Balaban J connectivity index is -0.000000588. The number of alkyl halides is 3. The Morgan fingerprint density at radius 3 is 1.72 bits per heavy atom. The number of carbonyl (C=O) groups excluding carboxylic acids is 4. The third-order valence-electron chi connectivity index (χ3n) is 6.51. The molecule has 0 radical (unpaired) electrons. The van der Waals surface area contributed by atoms with Crippen molar-refractivity contribution in [3.63, 3.8) is 0 Å². The van der Waals surface area contributed by atoms with Crippen molar-refractivity contribution in [2.45, 2.75) is 134 Å². The maximum Gasteiger partial charge on any atom is 0.433 e. The van der Waals surface area contributed by atoms with Gasteiger partial charge in [0.1, 0.15) is 6.61 Å². The molecular weight excluding hydrogens is 571 g/mol. The van der Waals surface area contributed by atoms with E-state index >= 15 is 0 Å². The van der Waals surface area contributed by atoms with E-state index in [4.69, 9.17) is 4.74 Å². The predicted octanol–water partition coefficient (Wildman–Crippen LogP) is 6.95. The molecule has 0 saturated carbocycles. The number of nitrogens with one attached hydrogen (secondary N) is 2. The number of oxime groups is 1. The smallest absolute Gasteiger partial charge is 0.433 e. The van der Waals surface area contributed by atoms with E-state index in [0.29, 0.717) is 12.8 Å². The van der Waals surface area contributed by atoms with Gasteiger partial charge in [-0.15, -0.1) is 0 Å². The minimum absolute atomic E-state index is 0.119. The Kier molecular flexibility index (Phi) is 22.6. The standard InChI is InChI=1S/C13H24N2O4.C9H15F3O2.C8H17NO/c1-6-10(3)15-19-12(17)14-8-9-18-11(16)13(4,5)7-2;1-5-8(3,4)7(13)14-6(2)9(10,11)12;1-5-7(4)8(10)9-6(2)3/h6-9H2,1-5H3,(H,14,17);6H,5H2,1-4H3;6-7H,5H2,1-4H3,(H,9,10)/b15-10+;;. The molecule has 0 aliphatic rings. The molecule has 0 heterocycles. The first-order valence-corrected chi connectivity index (χ1v) is 14.8. The zero-order valence-electron chi connectivity index (χ0n) is 28.4. The Labute approximate surface area is 256 Å². The Hall–Kier alpha value is -2.86. The molecule has 0 fully saturated rings. The molecule has 0 spiro atoms. The molecule has 2 atom stereocenters. The number of carbonyl (C=O) groups is 4. The van der Waals surface area contributed by atoms with Crippen LogP contribution in [0, 0.1) is 16.7 Å². The van der Waals surface area contributed by atoms with Crippen LogP contribution >= 0.6 is 0 Å². The molecule has 13 heteroatoms. The molecule has 0 aromatic rings. The second-order valence-electron chi connectivity index (χ2n) is 11.7. The van der Waals surface area contributed by atoms with Gasteiger partial charge in [-0.05, 0) is 81.1 Å². The number of esters is 2. The second kappa shape index (κ2) is 21.8. The highest BCUT2D eigenvalue weighted by molar-refractivity contribution is 5.82. The monoisotopic (exact) mass is 627 g/mol. The van der Waals surface area contributed by atoms with Crippen molar-refractivity contribution < 1.29 is 46.7 Å². The molecule has 0 aromatic heterocycles. The van der Waals surface area contributed by atoms with Crippen molar-refractivity contribution in [1.82, 2.24) is 10.6 Å². The number of nitrogens with zero attached hydrogens (tertiary/aromatic N) is 1. The molecule has 0 rings (SSSR count). The summed E-state index contributed by atoms with van der Waals surface area (Å²) in [5.41, 5.74) is -0.631. The highest BCUT2D eigenvalue weighted by Gasteiger charge is 2.41. The summed E-state index contributed by atoms with van der Waals surface area (Å²) in [6, 6.07) is 0.265. The molecule has 2 unspecified atom stereocenters. The average molecular weight is 628 g/mol. The van der Waals surface area contributed by atoms with Crippen LogP contribution in [0.25, 0.3) is 0 Å². The molecule has 2 amide bonds. The zero-order chi connectivity index (χ0) is 34.6. The molecule has 43 heavy (non-hydrogen) atoms. The van der Waals surface area contributed by atoms with Gasteiger partial charge in [-0.3, -0.25) is 19.2 Å². The van der Waals surface area contributed by atoms with Gasteiger partial charge in [0.15, 0.2) is 6.10 Å². The van der Waals surface area contributed by atoms with Crippen LogP contribution in [0.2, 0.25) is 0 Å². The van der Waals surface area contributed by atoms with Crippen LogP contribution in [-0.2, 0) is 28.7 Å². The molecule has 0 aliphatic heterocycles. The SMILES string of the molecule is CC/C(C)=N/OC(=O)NCCOC(=O)C(C)(C)CC.CCC(C)(C)C(=O)OC(C)C(F)(F)F.CCC(C)C(=O)NC(C)C. The molecular formula is C30H56F3N3O7. The maximum absolute atomic E-state index is 12.0. The van der Waals surface area contributed by atoms with E-state index in [1.165, 1.54) is 0 Å². The third kappa shape index (κ3) is 22.4. The van der Waals surface area contributed by atoms with Crippen LogP contribution in [0.4, 0.5) is 18.0 Å². The molecule has 10 nitrogen and oxygen atoms in total. The van der Waals surface area contributed by atoms with Crippen molar-refractivity contribution in [3.05, 3.63) is 0 Å². The summed E-state index contributed by atoms with van der Waals surface area (Å²) in [5.74, 6) is -0.769. The van der Waals surface area contributed by atoms with Crippen molar-refractivity contribution in [1.29, 1.82) is 0 Å². The highest BCUT2D eigenvalue weighted by atomic mass is 19.4. The predicted molar refractivity (Wildman–Crippen MR) is 161 cm³/mol. The fourth-order valence-corrected chi connectivity index (χ4v) is 2.00. The normalized spacial score (nSPS) is 13.3. The van der Waals surface area contributed by atoms with Gasteiger partial charge in [0.25, 0.3) is 0 Å². The van der Waals surface area contributed by atoms with Gasteiger partial charge in [-0.1, -0.05) is 39.8 Å². The van der Waals surface area contributed by atoms with Gasteiger partial charge >= 0.3 is 24.2 Å². The fraction of sp³-hybridized carbons (Fsp3) is 0.833. The topological polar surface area (TPSA) is 132 Å². The van der Waals surface area contributed by atoms with Crippen LogP contribution in [-0.4, -0.2) is 61.1 Å². The van der Waals surface area contributed by atoms with Crippen LogP contribution in [0.1, 0.15) is 116 Å². The number of rotatable bonds is 13. The lowest BCUT2D eigenvalue weighted by Gasteiger charge is -2.24. The lowest BCUT2D eigenvalue weighted by molar-refractivity contribution is -0.221. The quantitative estimate of drug-likeness (QED) is 0.0742. The summed E-state index contributed by atoms with van der Waals surface area (Å²) in [6.07, 6.45) is -4.41. The lowest BCUT2D eigenvalue weighted by Crippen LogP contribution is -2.36. The maximum atomic E-state index is 12.0. The molecule has 0 aromatic carbocycles. The van der Waals surface area contributed by atoms with E-state index in [1.54, 1.807) is 27.7 Å². The highest BCUT2D eigenvalue weighted by Crippen LogP contribution is 2.27. The third-order valence-corrected chi connectivity index (χ3v) is 6.51. The number of amides is 2. The van der Waals surface area contributed by atoms with E-state index < -0.39 is 35.2 Å². The average Bonchev–Trinajstić information content (AvgIpc) is 2.92. The first-order chi connectivity index (χ1) is 19.5. The summed E-state index contributed by atoms with van der Waals surface area (Å²) in [6.45, 7) is 23.1. The summed E-state index contributed by atoms with van der Waals surface area (Å²) >= 11 is 0. The van der Waals surface area contributed by atoms with Gasteiger partial charge in [0, 0.05) is 12.0 Å². The van der Waals surface area contributed by atoms with Crippen LogP contribution in [0.3, 0.4) is 0 Å². The summed E-state index contributed by atoms with van der Waals surface area (Å²) in [7, 11) is 0. The van der Waals surface area contributed by atoms with Gasteiger partial charge in [0.05, 0.1) is 23.1 Å². The zero-order valence-corrected chi connectivity index (χ0v) is 28.4. The van der Waals surface area contributed by atoms with Gasteiger partial charge in [0.2, 0.25) is 5.91 Å². The minimum Gasteiger partial charge on any atom is -0.463 e. The number of halogens is 3. The van der Waals surface area contributed by atoms with Gasteiger partial charge < -0.3 is 20.1 Å². The van der Waals surface area contributed by atoms with Gasteiger partial charge in [-0.2, -0.15) is 13.2 Å². The molecule has 2 N–H and O–H groups in total. The number of hydrogen-bond donors (Lipinski definition) is 2. The Morgan fingerprint density at radius 2 is 1.33 bits per heavy atom. The summed E-state index contributed by atoms with van der Waals surface area (Å²) in [4.78, 5) is 49.7. The van der Waals surface area contributed by atoms with E-state index in [-0.39, 0.29) is 37.0 Å². The van der Waals surface area contributed by atoms with Crippen molar-refractivity contribution in [2.75, 3.05) is 13.2 Å². The molecule has 254 valence electrons. The molecule has 0 saturated heterocycles. The van der Waals surface area contributed by atoms with E-state index in [9.17, 15) is 32.3 Å². The van der Waals surface area contributed by atoms with E-state index in [2.05, 4.69) is 25.4 Å². The van der Waals surface area contributed by atoms with E-state index in [1.807, 2.05) is 55.4 Å². The molecule has 0 bridgehead atoms. The van der Waals surface area contributed by atoms with Crippen molar-refractivity contribution >= 4 is 29.7 Å². The number of hydrogen-bond acceptors (Lipinski definition) is 8. The lowest BCUT2D eigenvalue weighted by atomic mass is 9.90. The van der Waals surface area contributed by atoms with E-state index in [0.717, 1.165) is 25.5 Å². The first-order valence-electron chi connectivity index (χ1n) is 14.8. The Bertz CT molecular complexity index is 874.